The van der Waals surface area contributed by atoms with Gasteiger partial charge in [-0.1, -0.05) is 13.0 Å². The molecule has 7 heteroatoms. The van der Waals surface area contributed by atoms with Crippen LogP contribution in [0.25, 0.3) is 0 Å². The Morgan fingerprint density at radius 1 is 1.39 bits per heavy atom. The highest BCUT2D eigenvalue weighted by Crippen LogP contribution is 2.27. The maximum absolute atomic E-state index is 13.4. The fourth-order valence-corrected chi connectivity index (χ4v) is 3.41. The minimum Gasteiger partial charge on any atom is -0.351 e. The summed E-state index contributed by atoms with van der Waals surface area (Å²) in [4.78, 5) is 12.0. The lowest BCUT2D eigenvalue weighted by Gasteiger charge is -2.33. The van der Waals surface area contributed by atoms with E-state index in [1.54, 1.807) is 17.8 Å². The average Bonchev–Trinajstić information content (AvgIpc) is 2.51. The Balaban J connectivity index is 0.00000264. The van der Waals surface area contributed by atoms with E-state index < -0.39 is 11.6 Å². The second-order valence-corrected chi connectivity index (χ2v) is 6.60. The van der Waals surface area contributed by atoms with Crippen molar-refractivity contribution in [3.8, 4) is 0 Å². The van der Waals surface area contributed by atoms with Gasteiger partial charge >= 0.3 is 0 Å². The van der Waals surface area contributed by atoms with Crippen LogP contribution in [0.15, 0.2) is 18.2 Å². The maximum atomic E-state index is 13.4. The first-order valence-electron chi connectivity index (χ1n) is 7.64. The lowest BCUT2D eigenvalue weighted by atomic mass is 9.86. The number of piperidine rings is 1. The standard InChI is InChI=1S/C16H22F2N2OS.ClH/c1-2-7-22-10-16(21)20-15-9-19-6-5-12(15)11-3-4-13(17)14(18)8-11;/h3-4,8,12,15,19H,2,5-7,9-10H2,1H3,(H,20,21);1H. The van der Waals surface area contributed by atoms with Crippen molar-refractivity contribution in [1.29, 1.82) is 0 Å². The number of nitrogens with one attached hydrogen (secondary N) is 2. The molecule has 0 aromatic heterocycles. The van der Waals surface area contributed by atoms with Crippen LogP contribution in [0, 0.1) is 11.6 Å². The molecule has 1 amide bonds. The summed E-state index contributed by atoms with van der Waals surface area (Å²) < 4.78 is 26.5. The second-order valence-electron chi connectivity index (χ2n) is 5.50. The van der Waals surface area contributed by atoms with Gasteiger partial charge in [0.15, 0.2) is 11.6 Å². The van der Waals surface area contributed by atoms with Gasteiger partial charge in [0, 0.05) is 18.5 Å². The molecule has 0 radical (unpaired) electrons. The molecule has 1 aromatic carbocycles. The lowest BCUT2D eigenvalue weighted by molar-refractivity contribution is -0.119. The van der Waals surface area contributed by atoms with E-state index in [0.717, 1.165) is 36.8 Å². The van der Waals surface area contributed by atoms with Crippen molar-refractivity contribution in [3.63, 3.8) is 0 Å². The van der Waals surface area contributed by atoms with Crippen LogP contribution in [0.1, 0.15) is 31.2 Å². The topological polar surface area (TPSA) is 41.1 Å². The van der Waals surface area contributed by atoms with Crippen LogP contribution in [0.4, 0.5) is 8.78 Å². The summed E-state index contributed by atoms with van der Waals surface area (Å²) in [5.74, 6) is -0.261. The molecule has 0 bridgehead atoms. The van der Waals surface area contributed by atoms with E-state index in [1.165, 1.54) is 6.07 Å². The van der Waals surface area contributed by atoms with Gasteiger partial charge in [-0.2, -0.15) is 11.8 Å². The van der Waals surface area contributed by atoms with Crippen molar-refractivity contribution < 1.29 is 13.6 Å². The molecule has 2 atom stereocenters. The number of halogens is 3. The van der Waals surface area contributed by atoms with Crippen molar-refractivity contribution in [2.24, 2.45) is 0 Å². The molecule has 1 fully saturated rings. The van der Waals surface area contributed by atoms with Gasteiger partial charge in [-0.3, -0.25) is 4.79 Å². The van der Waals surface area contributed by atoms with Crippen molar-refractivity contribution in [1.82, 2.24) is 10.6 Å². The van der Waals surface area contributed by atoms with Gasteiger partial charge < -0.3 is 10.6 Å². The van der Waals surface area contributed by atoms with E-state index in [0.29, 0.717) is 12.3 Å². The third-order valence-electron chi connectivity index (χ3n) is 3.78. The first-order valence-corrected chi connectivity index (χ1v) is 8.80. The van der Waals surface area contributed by atoms with Crippen LogP contribution in [-0.2, 0) is 4.79 Å². The minimum atomic E-state index is -0.839. The van der Waals surface area contributed by atoms with Crippen molar-refractivity contribution in [2.75, 3.05) is 24.6 Å². The third-order valence-corrected chi connectivity index (χ3v) is 4.95. The molecule has 2 rings (SSSR count). The van der Waals surface area contributed by atoms with Crippen LogP contribution in [0.3, 0.4) is 0 Å². The quantitative estimate of drug-likeness (QED) is 0.762. The van der Waals surface area contributed by atoms with Gasteiger partial charge in [0.25, 0.3) is 0 Å². The number of hydrogen-bond donors (Lipinski definition) is 2. The number of carbonyl (C=O) groups excluding carboxylic acids is 1. The zero-order valence-corrected chi connectivity index (χ0v) is 14.7. The number of benzene rings is 1. The normalized spacial score (nSPS) is 20.7. The number of rotatable bonds is 6. The predicted molar refractivity (Wildman–Crippen MR) is 93.4 cm³/mol. The molecule has 3 nitrogen and oxygen atoms in total. The Kier molecular flexibility index (Phi) is 8.87. The van der Waals surface area contributed by atoms with E-state index in [2.05, 4.69) is 17.6 Å². The lowest BCUT2D eigenvalue weighted by Crippen LogP contribution is -2.50. The Morgan fingerprint density at radius 3 is 2.87 bits per heavy atom. The van der Waals surface area contributed by atoms with Gasteiger partial charge in [-0.15, -0.1) is 12.4 Å². The molecule has 2 N–H and O–H groups in total. The minimum absolute atomic E-state index is 0. The predicted octanol–water partition coefficient (Wildman–Crippen LogP) is 3.09. The van der Waals surface area contributed by atoms with Crippen molar-refractivity contribution in [3.05, 3.63) is 35.4 Å². The highest BCUT2D eigenvalue weighted by Gasteiger charge is 2.28. The summed E-state index contributed by atoms with van der Waals surface area (Å²) in [6, 6.07) is 3.92. The van der Waals surface area contributed by atoms with Crippen LogP contribution in [0.2, 0.25) is 0 Å². The zero-order valence-electron chi connectivity index (χ0n) is 13.1. The fraction of sp³-hybridized carbons (Fsp3) is 0.562. The summed E-state index contributed by atoms with van der Waals surface area (Å²) in [5, 5.41) is 6.27. The van der Waals surface area contributed by atoms with Gasteiger partial charge in [0.2, 0.25) is 5.91 Å². The summed E-state index contributed by atoms with van der Waals surface area (Å²) in [5.41, 5.74) is 0.743. The summed E-state index contributed by atoms with van der Waals surface area (Å²) in [6.07, 6.45) is 1.83. The molecule has 0 spiro atoms. The Hall–Kier alpha value is -0.850. The molecule has 130 valence electrons. The third kappa shape index (κ3) is 5.94. The molecule has 1 heterocycles. The Morgan fingerprint density at radius 2 is 2.17 bits per heavy atom. The summed E-state index contributed by atoms with van der Waals surface area (Å²) in [6.45, 7) is 3.53. The van der Waals surface area contributed by atoms with Gasteiger partial charge in [0.05, 0.1) is 5.75 Å². The largest absolute Gasteiger partial charge is 0.351 e. The highest BCUT2D eigenvalue weighted by atomic mass is 35.5. The van der Waals surface area contributed by atoms with E-state index in [1.807, 2.05) is 0 Å². The van der Waals surface area contributed by atoms with Gasteiger partial charge in [0.1, 0.15) is 0 Å². The molecule has 1 aliphatic rings. The van der Waals surface area contributed by atoms with E-state index in [9.17, 15) is 13.6 Å². The highest BCUT2D eigenvalue weighted by molar-refractivity contribution is 7.99. The van der Waals surface area contributed by atoms with Crippen LogP contribution >= 0.6 is 24.2 Å². The van der Waals surface area contributed by atoms with Crippen LogP contribution < -0.4 is 10.6 Å². The number of carbonyl (C=O) groups is 1. The van der Waals surface area contributed by atoms with E-state index in [4.69, 9.17) is 0 Å². The SMILES string of the molecule is CCCSCC(=O)NC1CNCCC1c1ccc(F)c(F)c1.Cl. The van der Waals surface area contributed by atoms with Gasteiger partial charge in [-0.05, 0) is 42.8 Å². The Bertz CT molecular complexity index is 519. The van der Waals surface area contributed by atoms with E-state index >= 15 is 0 Å². The summed E-state index contributed by atoms with van der Waals surface area (Å²) in [7, 11) is 0. The number of thioether (sulfide) groups is 1. The molecule has 0 saturated carbocycles. The Labute approximate surface area is 146 Å². The van der Waals surface area contributed by atoms with E-state index in [-0.39, 0.29) is 30.3 Å². The van der Waals surface area contributed by atoms with Crippen molar-refractivity contribution >= 4 is 30.1 Å². The number of amides is 1. The van der Waals surface area contributed by atoms with Crippen LogP contribution in [0.5, 0.6) is 0 Å². The zero-order chi connectivity index (χ0) is 15.9. The fourth-order valence-electron chi connectivity index (χ4n) is 2.71. The van der Waals surface area contributed by atoms with Gasteiger partial charge in [-0.25, -0.2) is 8.78 Å². The monoisotopic (exact) mass is 364 g/mol. The molecule has 2 unspecified atom stereocenters. The molecule has 0 aliphatic carbocycles. The number of hydrogen-bond acceptors (Lipinski definition) is 3. The molecule has 1 aliphatic heterocycles. The molecule has 1 saturated heterocycles. The van der Waals surface area contributed by atoms with Crippen LogP contribution in [-0.4, -0.2) is 36.5 Å². The molecule has 1 aromatic rings. The second kappa shape index (κ2) is 10.1. The molecule has 23 heavy (non-hydrogen) atoms. The first-order chi connectivity index (χ1) is 10.6. The average molecular weight is 365 g/mol. The smallest absolute Gasteiger partial charge is 0.230 e. The molecular weight excluding hydrogens is 342 g/mol. The maximum Gasteiger partial charge on any atom is 0.230 e. The van der Waals surface area contributed by atoms with Crippen molar-refractivity contribution in [2.45, 2.75) is 31.7 Å². The summed E-state index contributed by atoms with van der Waals surface area (Å²) >= 11 is 1.61. The molecular formula is C16H23ClF2N2OS. The first kappa shape index (κ1) is 20.2.